The number of rotatable bonds is 5. The Morgan fingerprint density at radius 2 is 1.73 bits per heavy atom. The Bertz CT molecular complexity index is 1460. The fourth-order valence-electron chi connectivity index (χ4n) is 3.85. The number of benzene rings is 2. The van der Waals surface area contributed by atoms with Crippen LogP contribution in [0, 0.1) is 11.3 Å². The lowest BCUT2D eigenvalue weighted by molar-refractivity contribution is 1.07. The zero-order valence-electron chi connectivity index (χ0n) is 18.1. The van der Waals surface area contributed by atoms with E-state index in [0.29, 0.717) is 5.82 Å². The normalized spacial score (nSPS) is 10.7. The molecule has 3 aromatic heterocycles. The highest BCUT2D eigenvalue weighted by atomic mass is 15.2. The van der Waals surface area contributed by atoms with E-state index in [1.54, 1.807) is 18.6 Å². The molecular weight excluding hydrogens is 408 g/mol. The molecule has 6 nitrogen and oxygen atoms in total. The summed E-state index contributed by atoms with van der Waals surface area (Å²) in [6.07, 6.45) is 5.48. The van der Waals surface area contributed by atoms with Crippen LogP contribution in [0.2, 0.25) is 0 Å². The lowest BCUT2D eigenvalue weighted by Crippen LogP contribution is -2.14. The number of nitriles is 1. The lowest BCUT2D eigenvalue weighted by atomic mass is 10.0. The third-order valence-electron chi connectivity index (χ3n) is 5.44. The number of hydrogen-bond acceptors (Lipinski definition) is 6. The standard InChI is InChI=1S/C27H20N6/c1-33(24-12-5-6-15-30-24)27-25-22(20-8-3-2-4-9-20)10-7-11-23(25)31-26(32-27)21-16-19(13-14-28)17-29-18-21/h2-12,15-18H,13H2,1H3. The predicted octanol–water partition coefficient (Wildman–Crippen LogP) is 5.59. The largest absolute Gasteiger partial charge is 0.314 e. The van der Waals surface area contributed by atoms with Gasteiger partial charge in [-0.25, -0.2) is 15.0 Å². The van der Waals surface area contributed by atoms with Gasteiger partial charge in [0.25, 0.3) is 0 Å². The van der Waals surface area contributed by atoms with Crippen LogP contribution in [-0.4, -0.2) is 27.0 Å². The lowest BCUT2D eigenvalue weighted by Gasteiger charge is -2.21. The van der Waals surface area contributed by atoms with Crippen molar-refractivity contribution >= 4 is 22.5 Å². The average Bonchev–Trinajstić information content (AvgIpc) is 2.88. The van der Waals surface area contributed by atoms with Gasteiger partial charge in [0.05, 0.1) is 23.4 Å². The summed E-state index contributed by atoms with van der Waals surface area (Å²) in [7, 11) is 1.96. The summed E-state index contributed by atoms with van der Waals surface area (Å²) in [5.41, 5.74) is 4.56. The second-order valence-corrected chi connectivity index (χ2v) is 7.60. The molecule has 0 fully saturated rings. The zero-order chi connectivity index (χ0) is 22.6. The van der Waals surface area contributed by atoms with Gasteiger partial charge in [0.15, 0.2) is 5.82 Å². The Morgan fingerprint density at radius 3 is 2.52 bits per heavy atom. The summed E-state index contributed by atoms with van der Waals surface area (Å²) in [5, 5.41) is 10.0. The Kier molecular flexibility index (Phi) is 5.44. The number of hydrogen-bond donors (Lipinski definition) is 0. The molecule has 6 heteroatoms. The molecule has 0 radical (unpaired) electrons. The van der Waals surface area contributed by atoms with Crippen molar-refractivity contribution in [3.63, 3.8) is 0 Å². The molecule has 0 saturated heterocycles. The average molecular weight is 428 g/mol. The van der Waals surface area contributed by atoms with E-state index in [0.717, 1.165) is 44.8 Å². The molecule has 5 rings (SSSR count). The predicted molar refractivity (Wildman–Crippen MR) is 130 cm³/mol. The van der Waals surface area contributed by atoms with Crippen molar-refractivity contribution in [2.24, 2.45) is 0 Å². The Balaban J connectivity index is 1.78. The minimum atomic E-state index is 0.285. The third-order valence-corrected chi connectivity index (χ3v) is 5.44. The van der Waals surface area contributed by atoms with Crippen LogP contribution in [-0.2, 0) is 6.42 Å². The molecule has 0 spiro atoms. The van der Waals surface area contributed by atoms with E-state index in [1.165, 1.54) is 0 Å². The first kappa shape index (κ1) is 20.3. The Labute approximate surface area is 191 Å². The van der Waals surface area contributed by atoms with E-state index in [4.69, 9.17) is 15.2 Å². The topological polar surface area (TPSA) is 78.6 Å². The zero-order valence-corrected chi connectivity index (χ0v) is 18.1. The van der Waals surface area contributed by atoms with Crippen molar-refractivity contribution in [1.82, 2.24) is 19.9 Å². The molecule has 2 aromatic carbocycles. The van der Waals surface area contributed by atoms with Gasteiger partial charge in [-0.3, -0.25) is 4.98 Å². The van der Waals surface area contributed by atoms with E-state index < -0.39 is 0 Å². The van der Waals surface area contributed by atoms with Crippen LogP contribution in [0.4, 0.5) is 11.6 Å². The molecular formula is C27H20N6. The maximum Gasteiger partial charge on any atom is 0.163 e. The molecule has 0 aliphatic carbocycles. The van der Waals surface area contributed by atoms with Gasteiger partial charge in [0.2, 0.25) is 0 Å². The molecule has 0 N–H and O–H groups in total. The molecule has 3 heterocycles. The van der Waals surface area contributed by atoms with E-state index in [9.17, 15) is 0 Å². The van der Waals surface area contributed by atoms with Gasteiger partial charge in [-0.05, 0) is 41.0 Å². The number of anilines is 2. The molecule has 5 aromatic rings. The highest BCUT2D eigenvalue weighted by Gasteiger charge is 2.18. The van der Waals surface area contributed by atoms with Crippen LogP contribution in [0.5, 0.6) is 0 Å². The number of pyridine rings is 2. The Hall–Kier alpha value is -4.63. The van der Waals surface area contributed by atoms with E-state index >= 15 is 0 Å². The number of aromatic nitrogens is 4. The fraction of sp³-hybridized carbons (Fsp3) is 0.0741. The second-order valence-electron chi connectivity index (χ2n) is 7.60. The van der Waals surface area contributed by atoms with Crippen LogP contribution in [0.25, 0.3) is 33.4 Å². The monoisotopic (exact) mass is 428 g/mol. The minimum Gasteiger partial charge on any atom is -0.314 e. The van der Waals surface area contributed by atoms with Crippen LogP contribution in [0.3, 0.4) is 0 Å². The fourth-order valence-corrected chi connectivity index (χ4v) is 3.85. The van der Waals surface area contributed by atoms with Gasteiger partial charge < -0.3 is 4.90 Å². The van der Waals surface area contributed by atoms with Crippen molar-refractivity contribution in [2.45, 2.75) is 6.42 Å². The van der Waals surface area contributed by atoms with Gasteiger partial charge in [0, 0.05) is 31.2 Å². The molecule has 0 saturated carbocycles. The third kappa shape index (κ3) is 4.00. The highest BCUT2D eigenvalue weighted by molar-refractivity contribution is 6.03. The molecule has 158 valence electrons. The van der Waals surface area contributed by atoms with Gasteiger partial charge in [-0.2, -0.15) is 5.26 Å². The van der Waals surface area contributed by atoms with Crippen molar-refractivity contribution < 1.29 is 0 Å². The second kappa shape index (κ2) is 8.85. The first-order valence-corrected chi connectivity index (χ1v) is 10.6. The quantitative estimate of drug-likeness (QED) is 0.363. The van der Waals surface area contributed by atoms with Gasteiger partial charge in [0.1, 0.15) is 11.6 Å². The molecule has 0 aliphatic rings. The van der Waals surface area contributed by atoms with Gasteiger partial charge in [-0.15, -0.1) is 0 Å². The van der Waals surface area contributed by atoms with Crippen molar-refractivity contribution in [2.75, 3.05) is 11.9 Å². The van der Waals surface area contributed by atoms with Crippen LogP contribution < -0.4 is 4.90 Å². The van der Waals surface area contributed by atoms with Crippen LogP contribution >= 0.6 is 0 Å². The van der Waals surface area contributed by atoms with E-state index in [1.807, 2.05) is 66.5 Å². The first-order chi connectivity index (χ1) is 16.2. The molecule has 33 heavy (non-hydrogen) atoms. The number of fused-ring (bicyclic) bond motifs is 1. The maximum atomic E-state index is 9.08. The SMILES string of the molecule is CN(c1ccccn1)c1nc(-c2cncc(CC#N)c2)nc2cccc(-c3ccccc3)c12. The first-order valence-electron chi connectivity index (χ1n) is 10.6. The summed E-state index contributed by atoms with van der Waals surface area (Å²) in [6.45, 7) is 0. The summed E-state index contributed by atoms with van der Waals surface area (Å²) >= 11 is 0. The Morgan fingerprint density at radius 1 is 0.879 bits per heavy atom. The summed E-state index contributed by atoms with van der Waals surface area (Å²) in [5.74, 6) is 2.08. The smallest absolute Gasteiger partial charge is 0.163 e. The van der Waals surface area contributed by atoms with Crippen molar-refractivity contribution in [3.05, 3.63) is 97.0 Å². The minimum absolute atomic E-state index is 0.285. The van der Waals surface area contributed by atoms with E-state index in [-0.39, 0.29) is 6.42 Å². The van der Waals surface area contributed by atoms with Gasteiger partial charge >= 0.3 is 0 Å². The summed E-state index contributed by atoms with van der Waals surface area (Å²) in [6, 6.07) is 26.2. The van der Waals surface area contributed by atoms with Crippen LogP contribution in [0.15, 0.2) is 91.4 Å². The maximum absolute atomic E-state index is 9.08. The molecule has 0 unspecified atom stereocenters. The van der Waals surface area contributed by atoms with E-state index in [2.05, 4.69) is 34.2 Å². The van der Waals surface area contributed by atoms with Crippen molar-refractivity contribution in [3.8, 4) is 28.6 Å². The molecule has 0 amide bonds. The summed E-state index contributed by atoms with van der Waals surface area (Å²) < 4.78 is 0. The molecule has 0 bridgehead atoms. The summed E-state index contributed by atoms with van der Waals surface area (Å²) in [4.78, 5) is 20.7. The molecule has 0 atom stereocenters. The number of nitrogens with zero attached hydrogens (tertiary/aromatic N) is 6. The van der Waals surface area contributed by atoms with Crippen molar-refractivity contribution in [1.29, 1.82) is 5.26 Å². The molecule has 0 aliphatic heterocycles. The van der Waals surface area contributed by atoms with Crippen LogP contribution in [0.1, 0.15) is 5.56 Å². The van der Waals surface area contributed by atoms with Gasteiger partial charge in [-0.1, -0.05) is 48.5 Å². The highest BCUT2D eigenvalue weighted by Crippen LogP contribution is 2.37.